The van der Waals surface area contributed by atoms with E-state index in [0.717, 1.165) is 17.9 Å². The summed E-state index contributed by atoms with van der Waals surface area (Å²) in [6.45, 7) is 7.18. The minimum atomic E-state index is 0.852. The van der Waals surface area contributed by atoms with Gasteiger partial charge in [-0.3, -0.25) is 4.98 Å². The van der Waals surface area contributed by atoms with Crippen molar-refractivity contribution in [2.75, 3.05) is 5.32 Å². The van der Waals surface area contributed by atoms with Crippen molar-refractivity contribution in [1.29, 1.82) is 0 Å². The number of aromatic nitrogens is 1. The van der Waals surface area contributed by atoms with Crippen LogP contribution in [0.3, 0.4) is 0 Å². The van der Waals surface area contributed by atoms with Crippen LogP contribution in [-0.4, -0.2) is 4.98 Å². The Kier molecular flexibility index (Phi) is 3.43. The minimum Gasteiger partial charge on any atom is -0.379 e. The third kappa shape index (κ3) is 2.64. The molecule has 2 nitrogen and oxygen atoms in total. The number of hydrogen-bond donors (Lipinski definition) is 1. The zero-order valence-electron chi connectivity index (χ0n) is 10.6. The summed E-state index contributed by atoms with van der Waals surface area (Å²) in [6, 6.07) is 10.4. The largest absolute Gasteiger partial charge is 0.379 e. The highest BCUT2D eigenvalue weighted by molar-refractivity contribution is 5.48. The van der Waals surface area contributed by atoms with Crippen LogP contribution in [0.25, 0.3) is 0 Å². The topological polar surface area (TPSA) is 24.9 Å². The van der Waals surface area contributed by atoms with Gasteiger partial charge in [-0.2, -0.15) is 0 Å². The van der Waals surface area contributed by atoms with Crippen LogP contribution >= 0.6 is 0 Å². The van der Waals surface area contributed by atoms with Gasteiger partial charge in [-0.05, 0) is 49.6 Å². The summed E-state index contributed by atoms with van der Waals surface area (Å²) < 4.78 is 0. The quantitative estimate of drug-likeness (QED) is 0.864. The molecule has 2 rings (SSSR count). The highest BCUT2D eigenvalue weighted by Gasteiger charge is 2.03. The number of nitrogens with zero attached hydrogens (tertiary/aromatic N) is 1. The van der Waals surface area contributed by atoms with Crippen LogP contribution in [0.2, 0.25) is 0 Å². The Balaban J connectivity index is 2.16. The average molecular weight is 226 g/mol. The summed E-state index contributed by atoms with van der Waals surface area (Å²) >= 11 is 0. The minimum absolute atomic E-state index is 0.852. The fraction of sp³-hybridized carbons (Fsp3) is 0.267. The molecule has 0 amide bonds. The lowest BCUT2D eigenvalue weighted by atomic mass is 10.0. The van der Waals surface area contributed by atoms with Crippen molar-refractivity contribution < 1.29 is 0 Å². The molecule has 1 N–H and O–H groups in total. The first-order valence-corrected chi connectivity index (χ1v) is 5.89. The Hall–Kier alpha value is -1.83. The maximum atomic E-state index is 4.27. The lowest BCUT2D eigenvalue weighted by Crippen LogP contribution is -2.05. The zero-order valence-corrected chi connectivity index (χ0v) is 10.6. The number of benzene rings is 1. The molecule has 0 radical (unpaired) electrons. The van der Waals surface area contributed by atoms with Crippen LogP contribution in [0, 0.1) is 20.8 Å². The zero-order chi connectivity index (χ0) is 12.3. The van der Waals surface area contributed by atoms with E-state index in [-0.39, 0.29) is 0 Å². The first kappa shape index (κ1) is 11.6. The molecular formula is C15H18N2. The SMILES string of the molecule is Cc1cccc(C)c1CNc1cccnc1C. The molecule has 0 aliphatic rings. The van der Waals surface area contributed by atoms with E-state index in [0.29, 0.717) is 0 Å². The summed E-state index contributed by atoms with van der Waals surface area (Å²) in [7, 11) is 0. The molecule has 2 heteroatoms. The van der Waals surface area contributed by atoms with Gasteiger partial charge in [0.1, 0.15) is 0 Å². The summed E-state index contributed by atoms with van der Waals surface area (Å²) in [4.78, 5) is 4.27. The predicted molar refractivity (Wildman–Crippen MR) is 72.2 cm³/mol. The van der Waals surface area contributed by atoms with Gasteiger partial charge in [-0.1, -0.05) is 18.2 Å². The fourth-order valence-corrected chi connectivity index (χ4v) is 1.98. The Morgan fingerprint density at radius 2 is 1.71 bits per heavy atom. The maximum Gasteiger partial charge on any atom is 0.0603 e. The molecule has 0 unspecified atom stereocenters. The second-order valence-electron chi connectivity index (χ2n) is 4.36. The number of anilines is 1. The highest BCUT2D eigenvalue weighted by Crippen LogP contribution is 2.17. The van der Waals surface area contributed by atoms with Gasteiger partial charge in [-0.25, -0.2) is 0 Å². The Morgan fingerprint density at radius 1 is 1.00 bits per heavy atom. The highest BCUT2D eigenvalue weighted by atomic mass is 14.9. The number of rotatable bonds is 3. The fourth-order valence-electron chi connectivity index (χ4n) is 1.98. The molecule has 1 heterocycles. The molecule has 88 valence electrons. The lowest BCUT2D eigenvalue weighted by molar-refractivity contribution is 1.07. The molecule has 17 heavy (non-hydrogen) atoms. The van der Waals surface area contributed by atoms with E-state index in [1.165, 1.54) is 16.7 Å². The van der Waals surface area contributed by atoms with Crippen molar-refractivity contribution in [3.63, 3.8) is 0 Å². The van der Waals surface area contributed by atoms with Gasteiger partial charge in [0.2, 0.25) is 0 Å². The van der Waals surface area contributed by atoms with Crippen molar-refractivity contribution in [2.24, 2.45) is 0 Å². The van der Waals surface area contributed by atoms with Crippen molar-refractivity contribution in [3.8, 4) is 0 Å². The molecule has 1 aromatic carbocycles. The van der Waals surface area contributed by atoms with Gasteiger partial charge in [0.25, 0.3) is 0 Å². The smallest absolute Gasteiger partial charge is 0.0603 e. The summed E-state index contributed by atoms with van der Waals surface area (Å²) in [5.41, 5.74) is 6.18. The van der Waals surface area contributed by atoms with E-state index in [2.05, 4.69) is 48.4 Å². The normalized spacial score (nSPS) is 10.3. The molecule has 0 saturated heterocycles. The van der Waals surface area contributed by atoms with Crippen LogP contribution < -0.4 is 5.32 Å². The van der Waals surface area contributed by atoms with E-state index in [1.807, 2.05) is 19.2 Å². The van der Waals surface area contributed by atoms with E-state index in [1.54, 1.807) is 0 Å². The van der Waals surface area contributed by atoms with Crippen LogP contribution in [0.15, 0.2) is 36.5 Å². The summed E-state index contributed by atoms with van der Waals surface area (Å²) in [5.74, 6) is 0. The van der Waals surface area contributed by atoms with E-state index in [9.17, 15) is 0 Å². The van der Waals surface area contributed by atoms with Gasteiger partial charge in [0, 0.05) is 12.7 Å². The molecule has 1 aromatic heterocycles. The van der Waals surface area contributed by atoms with Gasteiger partial charge in [-0.15, -0.1) is 0 Å². The third-order valence-electron chi connectivity index (χ3n) is 3.11. The Morgan fingerprint density at radius 3 is 2.35 bits per heavy atom. The van der Waals surface area contributed by atoms with Crippen LogP contribution in [0.5, 0.6) is 0 Å². The summed E-state index contributed by atoms with van der Waals surface area (Å²) in [5, 5.41) is 3.45. The number of nitrogens with one attached hydrogen (secondary N) is 1. The number of hydrogen-bond acceptors (Lipinski definition) is 2. The van der Waals surface area contributed by atoms with Gasteiger partial charge < -0.3 is 5.32 Å². The van der Waals surface area contributed by atoms with Gasteiger partial charge in [0.05, 0.1) is 11.4 Å². The van der Waals surface area contributed by atoms with Gasteiger partial charge in [0.15, 0.2) is 0 Å². The monoisotopic (exact) mass is 226 g/mol. The van der Waals surface area contributed by atoms with Crippen molar-refractivity contribution in [2.45, 2.75) is 27.3 Å². The number of aryl methyl sites for hydroxylation is 3. The average Bonchev–Trinajstić information content (AvgIpc) is 2.30. The lowest BCUT2D eigenvalue weighted by Gasteiger charge is -2.12. The molecule has 0 aliphatic carbocycles. The second kappa shape index (κ2) is 5.00. The molecular weight excluding hydrogens is 208 g/mol. The molecule has 0 bridgehead atoms. The van der Waals surface area contributed by atoms with Crippen molar-refractivity contribution in [1.82, 2.24) is 4.98 Å². The van der Waals surface area contributed by atoms with Crippen LogP contribution in [0.4, 0.5) is 5.69 Å². The van der Waals surface area contributed by atoms with Gasteiger partial charge >= 0.3 is 0 Å². The molecule has 0 saturated carbocycles. The van der Waals surface area contributed by atoms with Crippen molar-refractivity contribution in [3.05, 3.63) is 58.9 Å². The molecule has 0 atom stereocenters. The molecule has 0 aliphatic heterocycles. The van der Waals surface area contributed by atoms with E-state index < -0.39 is 0 Å². The molecule has 2 aromatic rings. The van der Waals surface area contributed by atoms with E-state index >= 15 is 0 Å². The molecule has 0 fully saturated rings. The first-order valence-electron chi connectivity index (χ1n) is 5.89. The maximum absolute atomic E-state index is 4.27. The van der Waals surface area contributed by atoms with Crippen LogP contribution in [-0.2, 0) is 6.54 Å². The Labute approximate surface area is 103 Å². The molecule has 0 spiro atoms. The van der Waals surface area contributed by atoms with Crippen LogP contribution in [0.1, 0.15) is 22.4 Å². The summed E-state index contributed by atoms with van der Waals surface area (Å²) in [6.07, 6.45) is 1.82. The van der Waals surface area contributed by atoms with E-state index in [4.69, 9.17) is 0 Å². The Bertz CT molecular complexity index is 498. The third-order valence-corrected chi connectivity index (χ3v) is 3.11. The number of pyridine rings is 1. The first-order chi connectivity index (χ1) is 8.18. The standard InChI is InChI=1S/C15H18N2/c1-11-6-4-7-12(2)14(11)10-17-15-8-5-9-16-13(15)3/h4-9,17H,10H2,1-3H3. The predicted octanol–water partition coefficient (Wildman–Crippen LogP) is 3.62. The van der Waals surface area contributed by atoms with Crippen molar-refractivity contribution >= 4 is 5.69 Å². The second-order valence-corrected chi connectivity index (χ2v) is 4.36.